The van der Waals surface area contributed by atoms with Gasteiger partial charge in [-0.05, 0) is 49.3 Å². The zero-order valence-corrected chi connectivity index (χ0v) is 22.0. The SMILES string of the molecule is CC(c1ccccc1)N1CCC(C#N)(NC(=O)C(CC(C)(C)C)Nc2nc(=O)oc3ccccc23)CC1. The first-order chi connectivity index (χ1) is 17.6. The Bertz CT molecular complexity index is 1330. The van der Waals surface area contributed by atoms with E-state index in [-0.39, 0.29) is 17.4 Å². The Kier molecular flexibility index (Phi) is 7.65. The summed E-state index contributed by atoms with van der Waals surface area (Å²) in [6, 6.07) is 19.3. The van der Waals surface area contributed by atoms with Gasteiger partial charge in [0.25, 0.3) is 0 Å². The maximum absolute atomic E-state index is 13.6. The number of amides is 1. The number of aromatic nitrogens is 1. The number of hydrogen-bond donors (Lipinski definition) is 2. The number of likely N-dealkylation sites (tertiary alicyclic amines) is 1. The Morgan fingerprint density at radius 3 is 2.43 bits per heavy atom. The van der Waals surface area contributed by atoms with E-state index in [0.29, 0.717) is 49.1 Å². The average Bonchev–Trinajstić information content (AvgIpc) is 2.88. The van der Waals surface area contributed by atoms with Gasteiger partial charge >= 0.3 is 5.76 Å². The first kappa shape index (κ1) is 26.4. The van der Waals surface area contributed by atoms with Gasteiger partial charge in [-0.25, -0.2) is 4.79 Å². The molecule has 0 bridgehead atoms. The lowest BCUT2D eigenvalue weighted by Crippen LogP contribution is -2.58. The summed E-state index contributed by atoms with van der Waals surface area (Å²) < 4.78 is 5.21. The molecule has 1 fully saturated rings. The monoisotopic (exact) mass is 501 g/mol. The number of benzene rings is 2. The number of fused-ring (bicyclic) bond motifs is 1. The molecule has 0 aliphatic carbocycles. The molecule has 8 nitrogen and oxygen atoms in total. The van der Waals surface area contributed by atoms with Crippen LogP contribution in [0, 0.1) is 16.7 Å². The van der Waals surface area contributed by atoms with Gasteiger partial charge in [-0.3, -0.25) is 9.69 Å². The van der Waals surface area contributed by atoms with E-state index in [1.165, 1.54) is 5.56 Å². The smallest absolute Gasteiger partial charge is 0.408 e. The Hall–Kier alpha value is -3.70. The van der Waals surface area contributed by atoms with Crippen LogP contribution in [0.15, 0.2) is 63.8 Å². The number of hydrogen-bond acceptors (Lipinski definition) is 7. The summed E-state index contributed by atoms with van der Waals surface area (Å²) in [5.74, 6) is -0.710. The number of nitrogens with one attached hydrogen (secondary N) is 2. The van der Waals surface area contributed by atoms with Gasteiger partial charge in [-0.1, -0.05) is 63.2 Å². The maximum atomic E-state index is 13.6. The summed E-state index contributed by atoms with van der Waals surface area (Å²) in [5.41, 5.74) is 0.483. The number of nitriles is 1. The van der Waals surface area contributed by atoms with E-state index in [9.17, 15) is 14.9 Å². The van der Waals surface area contributed by atoms with Crippen molar-refractivity contribution in [3.63, 3.8) is 0 Å². The van der Waals surface area contributed by atoms with Crippen LogP contribution in [0.5, 0.6) is 0 Å². The van der Waals surface area contributed by atoms with Gasteiger partial charge in [-0.2, -0.15) is 10.2 Å². The fraction of sp³-hybridized carbons (Fsp3) is 0.448. The largest absolute Gasteiger partial charge is 0.441 e. The third-order valence-electron chi connectivity index (χ3n) is 7.04. The van der Waals surface area contributed by atoms with E-state index in [1.807, 2.05) is 45.0 Å². The molecule has 2 aromatic carbocycles. The van der Waals surface area contributed by atoms with Crippen LogP contribution in [0.25, 0.3) is 11.0 Å². The van der Waals surface area contributed by atoms with Crippen LogP contribution in [0.3, 0.4) is 0 Å². The highest BCUT2D eigenvalue weighted by Crippen LogP contribution is 2.30. The van der Waals surface area contributed by atoms with Gasteiger partial charge in [0.2, 0.25) is 5.91 Å². The second-order valence-electron chi connectivity index (χ2n) is 11.1. The van der Waals surface area contributed by atoms with Crippen molar-refractivity contribution >= 4 is 22.7 Å². The van der Waals surface area contributed by atoms with Gasteiger partial charge in [0.1, 0.15) is 23.0 Å². The zero-order chi connectivity index (χ0) is 26.6. The number of anilines is 1. The van der Waals surface area contributed by atoms with E-state index >= 15 is 0 Å². The van der Waals surface area contributed by atoms with Gasteiger partial charge in [0.15, 0.2) is 0 Å². The summed E-state index contributed by atoms with van der Waals surface area (Å²) in [5, 5.41) is 17.0. The molecule has 2 atom stereocenters. The van der Waals surface area contributed by atoms with Crippen LogP contribution in [-0.2, 0) is 4.79 Å². The molecule has 1 aliphatic heterocycles. The Morgan fingerprint density at radius 2 is 1.78 bits per heavy atom. The molecule has 1 aromatic heterocycles. The summed E-state index contributed by atoms with van der Waals surface area (Å²) in [6.07, 6.45) is 1.54. The highest BCUT2D eigenvalue weighted by atomic mass is 16.4. The third kappa shape index (κ3) is 6.36. The van der Waals surface area contributed by atoms with Crippen molar-refractivity contribution in [1.82, 2.24) is 15.2 Å². The fourth-order valence-corrected chi connectivity index (χ4v) is 4.94. The predicted molar refractivity (Wildman–Crippen MR) is 144 cm³/mol. The Labute approximate surface area is 217 Å². The van der Waals surface area contributed by atoms with Crippen molar-refractivity contribution in [2.75, 3.05) is 18.4 Å². The molecule has 2 heterocycles. The van der Waals surface area contributed by atoms with Crippen LogP contribution in [0.2, 0.25) is 0 Å². The molecule has 4 rings (SSSR count). The quantitative estimate of drug-likeness (QED) is 0.485. The molecule has 2 N–H and O–H groups in total. The van der Waals surface area contributed by atoms with Crippen molar-refractivity contribution < 1.29 is 9.21 Å². The number of carbonyl (C=O) groups is 1. The number of piperidine rings is 1. The molecule has 37 heavy (non-hydrogen) atoms. The predicted octanol–water partition coefficient (Wildman–Crippen LogP) is 4.64. The standard InChI is InChI=1S/C29H35N5O3/c1-20(21-10-6-5-7-11-21)34-16-14-29(19-30,15-17-34)33-26(35)23(18-28(2,3)4)31-25-22-12-8-9-13-24(22)37-27(36)32-25/h5-13,20,23H,14-18H2,1-4H3,(H,33,35)(H,31,32,36). The number of nitrogens with zero attached hydrogens (tertiary/aromatic N) is 3. The van der Waals surface area contributed by atoms with Gasteiger partial charge in [0.05, 0.1) is 11.5 Å². The van der Waals surface area contributed by atoms with Gasteiger partial charge < -0.3 is 15.1 Å². The topological polar surface area (TPSA) is 111 Å². The van der Waals surface area contributed by atoms with E-state index < -0.39 is 17.3 Å². The second kappa shape index (κ2) is 10.7. The van der Waals surface area contributed by atoms with Gasteiger partial charge in [-0.15, -0.1) is 0 Å². The molecule has 1 saturated heterocycles. The first-order valence-corrected chi connectivity index (χ1v) is 12.8. The Morgan fingerprint density at radius 1 is 1.14 bits per heavy atom. The highest BCUT2D eigenvalue weighted by Gasteiger charge is 2.39. The molecule has 1 amide bonds. The summed E-state index contributed by atoms with van der Waals surface area (Å²) >= 11 is 0. The number of carbonyl (C=O) groups excluding carboxylic acids is 1. The number of rotatable bonds is 7. The minimum atomic E-state index is -0.951. The minimum Gasteiger partial charge on any atom is -0.408 e. The second-order valence-corrected chi connectivity index (χ2v) is 11.1. The molecule has 0 spiro atoms. The third-order valence-corrected chi connectivity index (χ3v) is 7.04. The van der Waals surface area contributed by atoms with Crippen LogP contribution in [0.1, 0.15) is 58.6 Å². The Balaban J connectivity index is 1.52. The van der Waals surface area contributed by atoms with Crippen LogP contribution >= 0.6 is 0 Å². The average molecular weight is 502 g/mol. The fourth-order valence-electron chi connectivity index (χ4n) is 4.94. The van der Waals surface area contributed by atoms with Crippen molar-refractivity contribution in [3.8, 4) is 6.07 Å². The van der Waals surface area contributed by atoms with Gasteiger partial charge in [0, 0.05) is 19.1 Å². The summed E-state index contributed by atoms with van der Waals surface area (Å²) in [4.78, 5) is 32.1. The highest BCUT2D eigenvalue weighted by molar-refractivity contribution is 5.91. The lowest BCUT2D eigenvalue weighted by molar-refractivity contribution is -0.124. The lowest BCUT2D eigenvalue weighted by atomic mass is 9.85. The summed E-state index contributed by atoms with van der Waals surface area (Å²) in [7, 11) is 0. The minimum absolute atomic E-state index is 0.196. The maximum Gasteiger partial charge on any atom is 0.441 e. The molecular formula is C29H35N5O3. The van der Waals surface area contributed by atoms with Crippen molar-refractivity contribution in [2.24, 2.45) is 5.41 Å². The molecule has 8 heteroatoms. The molecule has 194 valence electrons. The van der Waals surface area contributed by atoms with Crippen molar-refractivity contribution in [2.45, 2.75) is 64.6 Å². The molecule has 2 unspecified atom stereocenters. The molecule has 0 radical (unpaired) electrons. The molecular weight excluding hydrogens is 466 g/mol. The zero-order valence-electron chi connectivity index (χ0n) is 22.0. The van der Waals surface area contributed by atoms with Crippen molar-refractivity contribution in [1.29, 1.82) is 5.26 Å². The summed E-state index contributed by atoms with van der Waals surface area (Å²) in [6.45, 7) is 9.71. The molecule has 1 aliphatic rings. The lowest BCUT2D eigenvalue weighted by Gasteiger charge is -2.41. The van der Waals surface area contributed by atoms with Crippen LogP contribution < -0.4 is 16.4 Å². The van der Waals surface area contributed by atoms with Crippen LogP contribution in [-0.4, -0.2) is 40.5 Å². The van der Waals surface area contributed by atoms with E-state index in [0.717, 1.165) is 0 Å². The normalized spacial score (nSPS) is 17.5. The van der Waals surface area contributed by atoms with E-state index in [1.54, 1.807) is 18.2 Å². The first-order valence-electron chi connectivity index (χ1n) is 12.8. The van der Waals surface area contributed by atoms with Crippen LogP contribution in [0.4, 0.5) is 5.82 Å². The number of para-hydroxylation sites is 1. The van der Waals surface area contributed by atoms with E-state index in [4.69, 9.17) is 4.42 Å². The van der Waals surface area contributed by atoms with Crippen molar-refractivity contribution in [3.05, 3.63) is 70.7 Å². The van der Waals surface area contributed by atoms with E-state index in [2.05, 4.69) is 45.6 Å². The molecule has 3 aromatic rings. The molecule has 0 saturated carbocycles.